The van der Waals surface area contributed by atoms with Crippen LogP contribution >= 0.6 is 7.82 Å². The van der Waals surface area contributed by atoms with Crippen LogP contribution in [0.4, 0.5) is 0 Å². The molecule has 446 valence electrons. The highest BCUT2D eigenvalue weighted by molar-refractivity contribution is 7.47. The van der Waals surface area contributed by atoms with Crippen LogP contribution in [0.3, 0.4) is 0 Å². The van der Waals surface area contributed by atoms with E-state index in [4.69, 9.17) is 24.3 Å². The number of phosphoric ester groups is 1. The summed E-state index contributed by atoms with van der Waals surface area (Å²) in [5.41, 5.74) is 5.39. The molecule has 9 nitrogen and oxygen atoms in total. The Morgan fingerprint density at radius 2 is 0.658 bits per heavy atom. The van der Waals surface area contributed by atoms with Crippen LogP contribution in [-0.2, 0) is 32.7 Å². The summed E-state index contributed by atoms with van der Waals surface area (Å²) in [7, 11) is -4.41. The Morgan fingerprint density at radius 1 is 0.380 bits per heavy atom. The fourth-order valence-corrected chi connectivity index (χ4v) is 8.68. The van der Waals surface area contributed by atoms with E-state index < -0.39 is 32.5 Å². The Morgan fingerprint density at radius 3 is 0.975 bits per heavy atom. The standard InChI is InChI=1S/C69H112NO8P/c1-3-5-7-9-11-13-15-17-19-21-23-25-27-29-31-32-33-34-36-38-40-42-44-46-48-50-52-54-56-58-60-62-69(72)78-67(66-77-79(73,74)76-64-63-70)65-75-68(71)61-59-57-55-53-51-49-47-45-43-41-39-37-35-30-28-26-24-22-20-18-16-14-12-10-8-6-4-2/h5-8,11-14,17-20,23-26,29-31,33-35,38,40,44,46,67H,3-4,9-10,15-16,21-22,27-28,32,36-37,39,41-43,45,47-66,70H2,1-2H3,(H,73,74)/b7-5-,8-6-,13-11-,14-12-,19-17-,20-18-,25-23-,26-24-,31-29-,34-33-,35-30-,40-38-,46-44-. The van der Waals surface area contributed by atoms with Crippen LogP contribution in [0.2, 0.25) is 0 Å². The smallest absolute Gasteiger partial charge is 0.462 e. The number of nitrogens with two attached hydrogens (primary N) is 1. The minimum atomic E-state index is -4.41. The van der Waals surface area contributed by atoms with E-state index in [9.17, 15) is 19.0 Å². The van der Waals surface area contributed by atoms with E-state index >= 15 is 0 Å². The molecule has 0 rings (SSSR count). The van der Waals surface area contributed by atoms with Gasteiger partial charge in [-0.15, -0.1) is 0 Å². The summed E-state index contributed by atoms with van der Waals surface area (Å²) < 4.78 is 33.1. The van der Waals surface area contributed by atoms with E-state index in [1.165, 1.54) is 44.9 Å². The predicted octanol–water partition coefficient (Wildman–Crippen LogP) is 20.1. The number of carbonyl (C=O) groups is 2. The fourth-order valence-electron chi connectivity index (χ4n) is 7.91. The summed E-state index contributed by atoms with van der Waals surface area (Å²) in [5.74, 6) is -0.858. The van der Waals surface area contributed by atoms with Gasteiger partial charge in [0.15, 0.2) is 6.10 Å². The minimum Gasteiger partial charge on any atom is -0.462 e. The molecule has 0 radical (unpaired) electrons. The van der Waals surface area contributed by atoms with E-state index in [1.807, 2.05) is 0 Å². The number of unbranched alkanes of at least 4 members (excludes halogenated alkanes) is 17. The molecule has 0 fully saturated rings. The summed E-state index contributed by atoms with van der Waals surface area (Å²) in [6.07, 6.45) is 91.5. The molecule has 0 bridgehead atoms. The molecule has 0 aromatic carbocycles. The number of hydrogen-bond donors (Lipinski definition) is 2. The molecule has 2 atom stereocenters. The zero-order valence-electron chi connectivity index (χ0n) is 49.8. The van der Waals surface area contributed by atoms with Crippen molar-refractivity contribution < 1.29 is 37.6 Å². The van der Waals surface area contributed by atoms with Crippen LogP contribution in [0.15, 0.2) is 158 Å². The number of rotatable bonds is 56. The van der Waals surface area contributed by atoms with Gasteiger partial charge in [-0.1, -0.05) is 255 Å². The average molecular weight is 1110 g/mol. The van der Waals surface area contributed by atoms with E-state index in [0.29, 0.717) is 6.42 Å². The van der Waals surface area contributed by atoms with E-state index in [2.05, 4.69) is 172 Å². The molecule has 79 heavy (non-hydrogen) atoms. The summed E-state index contributed by atoms with van der Waals surface area (Å²) in [6.45, 7) is 3.48. The second-order valence-electron chi connectivity index (χ2n) is 19.8. The molecule has 0 aliphatic rings. The highest BCUT2D eigenvalue weighted by atomic mass is 31.2. The quantitative estimate of drug-likeness (QED) is 0.0264. The Bertz CT molecular complexity index is 1850. The lowest BCUT2D eigenvalue weighted by molar-refractivity contribution is -0.161. The molecule has 10 heteroatoms. The molecule has 0 aliphatic heterocycles. The number of hydrogen-bond acceptors (Lipinski definition) is 8. The van der Waals surface area contributed by atoms with Gasteiger partial charge in [-0.2, -0.15) is 0 Å². The van der Waals surface area contributed by atoms with Crippen molar-refractivity contribution >= 4 is 19.8 Å². The van der Waals surface area contributed by atoms with E-state index in [0.717, 1.165) is 154 Å². The Labute approximate surface area is 483 Å². The second-order valence-corrected chi connectivity index (χ2v) is 21.3. The molecule has 2 unspecified atom stereocenters. The first-order chi connectivity index (χ1) is 38.8. The molecular formula is C69H112NO8P. The van der Waals surface area contributed by atoms with Crippen LogP contribution in [0.5, 0.6) is 0 Å². The van der Waals surface area contributed by atoms with Crippen molar-refractivity contribution in [1.82, 2.24) is 0 Å². The average Bonchev–Trinajstić information content (AvgIpc) is 3.44. The Kier molecular flexibility index (Phi) is 59.3. The van der Waals surface area contributed by atoms with E-state index in [1.54, 1.807) is 0 Å². The SMILES string of the molecule is CC/C=C\C/C=C\C/C=C\C/C=C\C/C=C\C/C=C\C/C=C\C/C=C\CCCCCCCCC(=O)OC(COC(=O)CCCCCCCCCCCCC/C=C\C/C=C\C/C=C\C/C=C\C/C=C\CC)COP(=O)(O)OCCN. The lowest BCUT2D eigenvalue weighted by atomic mass is 10.0. The van der Waals surface area contributed by atoms with Crippen molar-refractivity contribution in [3.63, 3.8) is 0 Å². The van der Waals surface area contributed by atoms with Crippen molar-refractivity contribution in [1.29, 1.82) is 0 Å². The first-order valence-corrected chi connectivity index (χ1v) is 32.5. The second kappa shape index (κ2) is 62.8. The van der Waals surface area contributed by atoms with Crippen LogP contribution in [0.1, 0.15) is 232 Å². The van der Waals surface area contributed by atoms with Crippen molar-refractivity contribution in [3.8, 4) is 0 Å². The third-order valence-electron chi connectivity index (χ3n) is 12.4. The molecule has 3 N–H and O–H groups in total. The van der Waals surface area contributed by atoms with Crippen LogP contribution in [0, 0.1) is 0 Å². The largest absolute Gasteiger partial charge is 0.472 e. The maximum atomic E-state index is 12.7. The van der Waals surface area contributed by atoms with Crippen molar-refractivity contribution in [2.45, 2.75) is 238 Å². The van der Waals surface area contributed by atoms with Crippen LogP contribution in [-0.4, -0.2) is 49.3 Å². The zero-order chi connectivity index (χ0) is 57.3. The number of allylic oxidation sites excluding steroid dienone is 26. The first-order valence-electron chi connectivity index (χ1n) is 31.0. The van der Waals surface area contributed by atoms with Crippen LogP contribution < -0.4 is 5.73 Å². The number of ether oxygens (including phenoxy) is 2. The van der Waals surface area contributed by atoms with Crippen molar-refractivity contribution in [2.24, 2.45) is 5.73 Å². The molecule has 0 saturated heterocycles. The van der Waals surface area contributed by atoms with E-state index in [-0.39, 0.29) is 32.6 Å². The highest BCUT2D eigenvalue weighted by Crippen LogP contribution is 2.43. The van der Waals surface area contributed by atoms with Gasteiger partial charge in [0.05, 0.1) is 13.2 Å². The number of phosphoric acid groups is 1. The van der Waals surface area contributed by atoms with Gasteiger partial charge in [-0.3, -0.25) is 18.6 Å². The van der Waals surface area contributed by atoms with Gasteiger partial charge in [0.1, 0.15) is 6.61 Å². The molecule has 0 heterocycles. The summed E-state index contributed by atoms with van der Waals surface area (Å²) in [5, 5.41) is 0. The van der Waals surface area contributed by atoms with Gasteiger partial charge in [0.2, 0.25) is 0 Å². The molecular weight excluding hydrogens is 1000 g/mol. The van der Waals surface area contributed by atoms with Crippen LogP contribution in [0.25, 0.3) is 0 Å². The first kappa shape index (κ1) is 74.6. The van der Waals surface area contributed by atoms with Gasteiger partial charge in [0.25, 0.3) is 0 Å². The summed E-state index contributed by atoms with van der Waals surface area (Å²) >= 11 is 0. The molecule has 0 saturated carbocycles. The highest BCUT2D eigenvalue weighted by Gasteiger charge is 2.26. The van der Waals surface area contributed by atoms with Crippen molar-refractivity contribution in [2.75, 3.05) is 26.4 Å². The topological polar surface area (TPSA) is 134 Å². The minimum absolute atomic E-state index is 0.0417. The molecule has 0 aliphatic carbocycles. The normalized spacial score (nSPS) is 14.1. The molecule has 0 aromatic rings. The lowest BCUT2D eigenvalue weighted by Crippen LogP contribution is -2.29. The Hall–Kier alpha value is -4.37. The van der Waals surface area contributed by atoms with Gasteiger partial charge in [-0.25, -0.2) is 4.57 Å². The van der Waals surface area contributed by atoms with Gasteiger partial charge < -0.3 is 20.1 Å². The summed E-state index contributed by atoms with van der Waals surface area (Å²) in [6, 6.07) is 0. The summed E-state index contributed by atoms with van der Waals surface area (Å²) in [4.78, 5) is 35.3. The Balaban J connectivity index is 4.05. The maximum absolute atomic E-state index is 12.7. The van der Waals surface area contributed by atoms with Gasteiger partial charge in [-0.05, 0) is 122 Å². The monoisotopic (exact) mass is 1110 g/mol. The predicted molar refractivity (Wildman–Crippen MR) is 339 cm³/mol. The molecule has 0 aromatic heterocycles. The molecule has 0 amide bonds. The number of esters is 2. The fraction of sp³-hybridized carbons (Fsp3) is 0.594. The number of carbonyl (C=O) groups excluding carboxylic acids is 2. The maximum Gasteiger partial charge on any atom is 0.472 e. The van der Waals surface area contributed by atoms with Gasteiger partial charge >= 0.3 is 19.8 Å². The molecule has 0 spiro atoms. The lowest BCUT2D eigenvalue weighted by Gasteiger charge is -2.19. The van der Waals surface area contributed by atoms with Crippen molar-refractivity contribution in [3.05, 3.63) is 158 Å². The third kappa shape index (κ3) is 62.7. The van der Waals surface area contributed by atoms with Gasteiger partial charge in [0, 0.05) is 19.4 Å². The third-order valence-corrected chi connectivity index (χ3v) is 13.4. The zero-order valence-corrected chi connectivity index (χ0v) is 50.7.